The standard InChI is InChI=1S/C19H26N4O/c1-3-4-8-19(24)22-15-16-9-10-18(21-14-16)23(2)13-11-17-7-5-6-12-20-17/h5-7,9-10,12,14H,3-4,8,11,13,15H2,1-2H3,(H,22,24). The van der Waals surface area contributed by atoms with E-state index in [1.54, 1.807) is 0 Å². The predicted molar refractivity (Wildman–Crippen MR) is 96.8 cm³/mol. The predicted octanol–water partition coefficient (Wildman–Crippen LogP) is 2.96. The van der Waals surface area contributed by atoms with Gasteiger partial charge in [-0.1, -0.05) is 25.5 Å². The Morgan fingerprint density at radius 1 is 1.21 bits per heavy atom. The molecule has 0 aliphatic heterocycles. The molecule has 5 heteroatoms. The molecule has 1 amide bonds. The van der Waals surface area contributed by atoms with Gasteiger partial charge >= 0.3 is 0 Å². The van der Waals surface area contributed by atoms with Crippen molar-refractivity contribution >= 4 is 11.7 Å². The van der Waals surface area contributed by atoms with Crippen LogP contribution in [0.1, 0.15) is 37.4 Å². The molecule has 0 saturated heterocycles. The van der Waals surface area contributed by atoms with Crippen molar-refractivity contribution in [3.8, 4) is 0 Å². The van der Waals surface area contributed by atoms with Gasteiger partial charge in [-0.05, 0) is 30.2 Å². The fourth-order valence-corrected chi connectivity index (χ4v) is 2.32. The Morgan fingerprint density at radius 3 is 2.75 bits per heavy atom. The lowest BCUT2D eigenvalue weighted by Gasteiger charge is -2.18. The van der Waals surface area contributed by atoms with Crippen molar-refractivity contribution in [2.45, 2.75) is 39.2 Å². The van der Waals surface area contributed by atoms with Gasteiger partial charge in [0.15, 0.2) is 0 Å². The maximum atomic E-state index is 11.6. The van der Waals surface area contributed by atoms with Crippen molar-refractivity contribution < 1.29 is 4.79 Å². The summed E-state index contributed by atoms with van der Waals surface area (Å²) < 4.78 is 0. The molecule has 0 aliphatic carbocycles. The van der Waals surface area contributed by atoms with Crippen LogP contribution in [0, 0.1) is 0 Å². The summed E-state index contributed by atoms with van der Waals surface area (Å²) in [6, 6.07) is 9.97. The molecule has 0 saturated carbocycles. The number of aromatic nitrogens is 2. The molecule has 0 atom stereocenters. The summed E-state index contributed by atoms with van der Waals surface area (Å²) in [6.45, 7) is 3.48. The molecule has 0 fully saturated rings. The number of unbranched alkanes of at least 4 members (excludes halogenated alkanes) is 1. The third-order valence-corrected chi connectivity index (χ3v) is 3.88. The van der Waals surface area contributed by atoms with Crippen LogP contribution >= 0.6 is 0 Å². The minimum absolute atomic E-state index is 0.105. The number of rotatable bonds is 9. The summed E-state index contributed by atoms with van der Waals surface area (Å²) in [6.07, 6.45) is 7.09. The van der Waals surface area contributed by atoms with Gasteiger partial charge in [0, 0.05) is 51.1 Å². The highest BCUT2D eigenvalue weighted by atomic mass is 16.1. The molecule has 0 unspecified atom stereocenters. The van der Waals surface area contributed by atoms with Crippen molar-refractivity contribution in [2.24, 2.45) is 0 Å². The normalized spacial score (nSPS) is 10.4. The molecule has 0 aromatic carbocycles. The first kappa shape index (κ1) is 17.9. The molecule has 2 aromatic rings. The Labute approximate surface area is 144 Å². The smallest absolute Gasteiger partial charge is 0.220 e. The van der Waals surface area contributed by atoms with Crippen LogP contribution in [0.3, 0.4) is 0 Å². The zero-order chi connectivity index (χ0) is 17.2. The third kappa shape index (κ3) is 5.99. The van der Waals surface area contributed by atoms with E-state index in [-0.39, 0.29) is 5.91 Å². The van der Waals surface area contributed by atoms with E-state index in [1.165, 1.54) is 0 Å². The molecule has 2 aromatic heterocycles. The van der Waals surface area contributed by atoms with Gasteiger partial charge in [-0.25, -0.2) is 4.98 Å². The van der Waals surface area contributed by atoms with Gasteiger partial charge in [0.05, 0.1) is 0 Å². The Hall–Kier alpha value is -2.43. The monoisotopic (exact) mass is 326 g/mol. The van der Waals surface area contributed by atoms with E-state index >= 15 is 0 Å². The highest BCUT2D eigenvalue weighted by Crippen LogP contribution is 2.10. The van der Waals surface area contributed by atoms with Gasteiger partial charge in [0.1, 0.15) is 5.82 Å². The van der Waals surface area contributed by atoms with Gasteiger partial charge in [0.2, 0.25) is 5.91 Å². The van der Waals surface area contributed by atoms with Crippen molar-refractivity contribution in [2.75, 3.05) is 18.5 Å². The van der Waals surface area contributed by atoms with Gasteiger partial charge in [-0.3, -0.25) is 9.78 Å². The van der Waals surface area contributed by atoms with Gasteiger partial charge < -0.3 is 10.2 Å². The summed E-state index contributed by atoms with van der Waals surface area (Å²) in [5, 5.41) is 2.93. The first-order valence-electron chi connectivity index (χ1n) is 8.51. The Kier molecular flexibility index (Phi) is 7.21. The summed E-state index contributed by atoms with van der Waals surface area (Å²) in [7, 11) is 2.03. The maximum absolute atomic E-state index is 11.6. The first-order valence-corrected chi connectivity index (χ1v) is 8.51. The van der Waals surface area contributed by atoms with Gasteiger partial charge in [-0.2, -0.15) is 0 Å². The molecule has 0 spiro atoms. The average Bonchev–Trinajstić information content (AvgIpc) is 2.64. The van der Waals surface area contributed by atoms with E-state index in [1.807, 2.05) is 49.8 Å². The van der Waals surface area contributed by atoms with Crippen LogP contribution in [0.5, 0.6) is 0 Å². The van der Waals surface area contributed by atoms with Crippen LogP contribution in [-0.4, -0.2) is 29.5 Å². The Morgan fingerprint density at radius 2 is 2.08 bits per heavy atom. The minimum Gasteiger partial charge on any atom is -0.359 e. The first-order chi connectivity index (χ1) is 11.7. The number of nitrogens with one attached hydrogen (secondary N) is 1. The number of pyridine rings is 2. The average molecular weight is 326 g/mol. The van der Waals surface area contributed by atoms with E-state index in [0.717, 1.165) is 42.9 Å². The number of carbonyl (C=O) groups excluding carboxylic acids is 1. The lowest BCUT2D eigenvalue weighted by atomic mass is 10.2. The number of likely N-dealkylation sites (N-methyl/N-ethyl adjacent to an activating group) is 1. The van der Waals surface area contributed by atoms with Gasteiger partial charge in [-0.15, -0.1) is 0 Å². The van der Waals surface area contributed by atoms with Crippen molar-refractivity contribution in [1.29, 1.82) is 0 Å². The second kappa shape index (κ2) is 9.65. The zero-order valence-electron chi connectivity index (χ0n) is 14.5. The SMILES string of the molecule is CCCCC(=O)NCc1ccc(N(C)CCc2ccccn2)nc1. The lowest BCUT2D eigenvalue weighted by molar-refractivity contribution is -0.121. The van der Waals surface area contributed by atoms with Crippen LogP contribution in [0.25, 0.3) is 0 Å². The zero-order valence-corrected chi connectivity index (χ0v) is 14.5. The quantitative estimate of drug-likeness (QED) is 0.770. The summed E-state index contributed by atoms with van der Waals surface area (Å²) in [4.78, 5) is 22.6. The maximum Gasteiger partial charge on any atom is 0.220 e. The second-order valence-electron chi connectivity index (χ2n) is 5.90. The number of anilines is 1. The molecule has 24 heavy (non-hydrogen) atoms. The molecular weight excluding hydrogens is 300 g/mol. The molecule has 0 radical (unpaired) electrons. The van der Waals surface area contributed by atoms with Crippen molar-refractivity contribution in [1.82, 2.24) is 15.3 Å². The molecular formula is C19H26N4O. The lowest BCUT2D eigenvalue weighted by Crippen LogP contribution is -2.23. The summed E-state index contributed by atoms with van der Waals surface area (Å²) in [5.74, 6) is 1.03. The topological polar surface area (TPSA) is 58.1 Å². The largest absolute Gasteiger partial charge is 0.359 e. The number of hydrogen-bond donors (Lipinski definition) is 1. The Balaban J connectivity index is 1.79. The van der Waals surface area contributed by atoms with Crippen LogP contribution in [0.15, 0.2) is 42.7 Å². The Bertz CT molecular complexity index is 613. The number of carbonyl (C=O) groups is 1. The fraction of sp³-hybridized carbons (Fsp3) is 0.421. The highest BCUT2D eigenvalue weighted by Gasteiger charge is 2.05. The van der Waals surface area contributed by atoms with Crippen molar-refractivity contribution in [3.63, 3.8) is 0 Å². The summed E-state index contributed by atoms with van der Waals surface area (Å²) >= 11 is 0. The van der Waals surface area contributed by atoms with E-state index in [0.29, 0.717) is 13.0 Å². The number of amides is 1. The number of nitrogens with zero attached hydrogens (tertiary/aromatic N) is 3. The minimum atomic E-state index is 0.105. The van der Waals surface area contributed by atoms with E-state index in [9.17, 15) is 4.79 Å². The van der Waals surface area contributed by atoms with E-state index in [4.69, 9.17) is 0 Å². The highest BCUT2D eigenvalue weighted by molar-refractivity contribution is 5.75. The molecule has 0 aliphatic rings. The third-order valence-electron chi connectivity index (χ3n) is 3.88. The molecule has 1 N–H and O–H groups in total. The second-order valence-corrected chi connectivity index (χ2v) is 5.90. The van der Waals surface area contributed by atoms with Crippen molar-refractivity contribution in [3.05, 3.63) is 54.0 Å². The van der Waals surface area contributed by atoms with Gasteiger partial charge in [0.25, 0.3) is 0 Å². The van der Waals surface area contributed by atoms with E-state index < -0.39 is 0 Å². The van der Waals surface area contributed by atoms with Crippen LogP contribution in [0.2, 0.25) is 0 Å². The summed E-state index contributed by atoms with van der Waals surface area (Å²) in [5.41, 5.74) is 2.09. The molecule has 2 heterocycles. The molecule has 128 valence electrons. The van der Waals surface area contributed by atoms with Crippen LogP contribution in [-0.2, 0) is 17.8 Å². The number of hydrogen-bond acceptors (Lipinski definition) is 4. The van der Waals surface area contributed by atoms with Crippen LogP contribution in [0.4, 0.5) is 5.82 Å². The molecule has 2 rings (SSSR count). The fourth-order valence-electron chi connectivity index (χ4n) is 2.32. The van der Waals surface area contributed by atoms with Crippen LogP contribution < -0.4 is 10.2 Å². The van der Waals surface area contributed by atoms with E-state index in [2.05, 4.69) is 27.1 Å². The molecule has 5 nitrogen and oxygen atoms in total. The molecule has 0 bridgehead atoms.